The third kappa shape index (κ3) is 5.77. The lowest BCUT2D eigenvalue weighted by Gasteiger charge is -2.25. The summed E-state index contributed by atoms with van der Waals surface area (Å²) in [5.41, 5.74) is 2.87. The number of fused-ring (bicyclic) bond motifs is 1. The van der Waals surface area contributed by atoms with E-state index < -0.39 is 0 Å². The van der Waals surface area contributed by atoms with E-state index in [4.69, 9.17) is 9.47 Å². The Labute approximate surface area is 129 Å². The van der Waals surface area contributed by atoms with Crippen molar-refractivity contribution >= 4 is 0 Å². The van der Waals surface area contributed by atoms with Gasteiger partial charge < -0.3 is 14.8 Å². The van der Waals surface area contributed by atoms with Crippen molar-refractivity contribution in [2.45, 2.75) is 45.1 Å². The van der Waals surface area contributed by atoms with Gasteiger partial charge in [-0.05, 0) is 56.7 Å². The van der Waals surface area contributed by atoms with Crippen LogP contribution in [0.1, 0.15) is 49.8 Å². The van der Waals surface area contributed by atoms with Crippen LogP contribution in [0.15, 0.2) is 24.3 Å². The Kier molecular flexibility index (Phi) is 7.79. The van der Waals surface area contributed by atoms with E-state index in [1.807, 2.05) is 6.92 Å². The molecule has 1 N–H and O–H groups in total. The molecule has 0 saturated carbocycles. The Morgan fingerprint density at radius 1 is 1.14 bits per heavy atom. The first-order chi connectivity index (χ1) is 10.4. The molecule has 3 nitrogen and oxygen atoms in total. The lowest BCUT2D eigenvalue weighted by molar-refractivity contribution is 0.0426. The first-order valence-electron chi connectivity index (χ1n) is 8.39. The number of nitrogens with one attached hydrogen (secondary N) is 1. The molecule has 0 aliphatic heterocycles. The standard InChI is InChI=1S/C18H29NO2/c1-2-20-14-6-5-12-19-13-15-21-18-11-7-9-16-8-3-4-10-17(16)18/h3-4,8,10,18-19H,2,5-7,9,11-15H2,1H3. The molecule has 0 spiro atoms. The van der Waals surface area contributed by atoms with Crippen LogP contribution >= 0.6 is 0 Å². The maximum absolute atomic E-state index is 6.07. The average Bonchev–Trinajstić information content (AvgIpc) is 2.53. The smallest absolute Gasteiger partial charge is 0.0828 e. The predicted octanol–water partition coefficient (Wildman–Crippen LogP) is 3.49. The van der Waals surface area contributed by atoms with Gasteiger partial charge in [-0.2, -0.15) is 0 Å². The Morgan fingerprint density at radius 2 is 2.05 bits per heavy atom. The van der Waals surface area contributed by atoms with E-state index in [0.717, 1.165) is 45.8 Å². The summed E-state index contributed by atoms with van der Waals surface area (Å²) < 4.78 is 11.4. The van der Waals surface area contributed by atoms with Crippen LogP contribution in [0.4, 0.5) is 0 Å². The van der Waals surface area contributed by atoms with Crippen molar-refractivity contribution in [2.75, 3.05) is 32.9 Å². The molecule has 0 heterocycles. The van der Waals surface area contributed by atoms with E-state index in [1.165, 1.54) is 30.4 Å². The van der Waals surface area contributed by atoms with E-state index in [2.05, 4.69) is 29.6 Å². The maximum atomic E-state index is 6.07. The van der Waals surface area contributed by atoms with Gasteiger partial charge in [0.2, 0.25) is 0 Å². The minimum Gasteiger partial charge on any atom is -0.382 e. The lowest BCUT2D eigenvalue weighted by atomic mass is 9.89. The van der Waals surface area contributed by atoms with E-state index >= 15 is 0 Å². The van der Waals surface area contributed by atoms with E-state index in [-0.39, 0.29) is 0 Å². The Morgan fingerprint density at radius 3 is 2.95 bits per heavy atom. The van der Waals surface area contributed by atoms with Crippen LogP contribution in [0.3, 0.4) is 0 Å². The number of ether oxygens (including phenoxy) is 2. The summed E-state index contributed by atoms with van der Waals surface area (Å²) >= 11 is 0. The SMILES string of the molecule is CCOCCCCNCCOC1CCCc2ccccc21. The molecule has 21 heavy (non-hydrogen) atoms. The fourth-order valence-corrected chi connectivity index (χ4v) is 2.88. The van der Waals surface area contributed by atoms with Gasteiger partial charge >= 0.3 is 0 Å². The number of hydrogen-bond acceptors (Lipinski definition) is 3. The van der Waals surface area contributed by atoms with Crippen molar-refractivity contribution in [3.63, 3.8) is 0 Å². The first-order valence-corrected chi connectivity index (χ1v) is 8.39. The van der Waals surface area contributed by atoms with Crippen molar-refractivity contribution in [1.29, 1.82) is 0 Å². The number of rotatable bonds is 10. The topological polar surface area (TPSA) is 30.5 Å². The maximum Gasteiger partial charge on any atom is 0.0828 e. The summed E-state index contributed by atoms with van der Waals surface area (Å²) in [6.07, 6.45) is 6.21. The summed E-state index contributed by atoms with van der Waals surface area (Å²) in [5, 5.41) is 3.45. The lowest BCUT2D eigenvalue weighted by Crippen LogP contribution is -2.23. The second kappa shape index (κ2) is 9.93. The zero-order chi connectivity index (χ0) is 14.8. The van der Waals surface area contributed by atoms with Crippen LogP contribution in [0, 0.1) is 0 Å². The highest BCUT2D eigenvalue weighted by atomic mass is 16.5. The average molecular weight is 291 g/mol. The van der Waals surface area contributed by atoms with E-state index in [1.54, 1.807) is 0 Å². The molecule has 1 aliphatic carbocycles. The molecule has 0 amide bonds. The molecule has 1 aliphatic rings. The molecule has 0 fully saturated rings. The molecule has 1 aromatic carbocycles. The molecule has 1 atom stereocenters. The zero-order valence-electron chi connectivity index (χ0n) is 13.3. The van der Waals surface area contributed by atoms with Crippen LogP contribution in [0.25, 0.3) is 0 Å². The van der Waals surface area contributed by atoms with Crippen LogP contribution < -0.4 is 5.32 Å². The van der Waals surface area contributed by atoms with Crippen molar-refractivity contribution in [3.05, 3.63) is 35.4 Å². The van der Waals surface area contributed by atoms with Crippen LogP contribution in [0.5, 0.6) is 0 Å². The Bertz CT molecular complexity index is 395. The predicted molar refractivity (Wildman–Crippen MR) is 86.7 cm³/mol. The summed E-state index contributed by atoms with van der Waals surface area (Å²) in [7, 11) is 0. The highest BCUT2D eigenvalue weighted by molar-refractivity contribution is 5.31. The molecule has 3 heteroatoms. The molecule has 2 rings (SSSR count). The molecule has 0 bridgehead atoms. The molecule has 0 aromatic heterocycles. The van der Waals surface area contributed by atoms with E-state index in [9.17, 15) is 0 Å². The van der Waals surface area contributed by atoms with Gasteiger partial charge in [0.15, 0.2) is 0 Å². The summed E-state index contributed by atoms with van der Waals surface area (Å²) in [4.78, 5) is 0. The quantitative estimate of drug-likeness (QED) is 0.669. The minimum atomic E-state index is 0.301. The number of benzene rings is 1. The van der Waals surface area contributed by atoms with E-state index in [0.29, 0.717) is 6.10 Å². The highest BCUT2D eigenvalue weighted by Crippen LogP contribution is 2.31. The van der Waals surface area contributed by atoms with Crippen LogP contribution in [-0.4, -0.2) is 32.9 Å². The summed E-state index contributed by atoms with van der Waals surface area (Å²) in [6.45, 7) is 6.53. The van der Waals surface area contributed by atoms with Crippen LogP contribution in [0.2, 0.25) is 0 Å². The molecule has 1 aromatic rings. The molecule has 118 valence electrons. The molecule has 0 saturated heterocycles. The summed E-state index contributed by atoms with van der Waals surface area (Å²) in [5.74, 6) is 0. The zero-order valence-corrected chi connectivity index (χ0v) is 13.3. The van der Waals surface area contributed by atoms with Crippen molar-refractivity contribution in [1.82, 2.24) is 5.32 Å². The second-order valence-electron chi connectivity index (χ2n) is 5.60. The second-order valence-corrected chi connectivity index (χ2v) is 5.60. The Hall–Kier alpha value is -0.900. The van der Waals surface area contributed by atoms with Gasteiger partial charge in [-0.1, -0.05) is 24.3 Å². The number of aryl methyl sites for hydroxylation is 1. The fourth-order valence-electron chi connectivity index (χ4n) is 2.88. The Balaban J connectivity index is 1.56. The third-order valence-electron chi connectivity index (χ3n) is 4.01. The largest absolute Gasteiger partial charge is 0.382 e. The fraction of sp³-hybridized carbons (Fsp3) is 0.667. The van der Waals surface area contributed by atoms with Gasteiger partial charge in [0, 0.05) is 19.8 Å². The van der Waals surface area contributed by atoms with Gasteiger partial charge in [-0.25, -0.2) is 0 Å². The first kappa shape index (κ1) is 16.5. The molecule has 1 unspecified atom stereocenters. The van der Waals surface area contributed by atoms with Gasteiger partial charge in [0.05, 0.1) is 12.7 Å². The minimum absolute atomic E-state index is 0.301. The molecule has 0 radical (unpaired) electrons. The van der Waals surface area contributed by atoms with Gasteiger partial charge in [-0.3, -0.25) is 0 Å². The number of hydrogen-bond donors (Lipinski definition) is 1. The van der Waals surface area contributed by atoms with Gasteiger partial charge in [-0.15, -0.1) is 0 Å². The summed E-state index contributed by atoms with van der Waals surface area (Å²) in [6, 6.07) is 8.71. The van der Waals surface area contributed by atoms with Crippen molar-refractivity contribution < 1.29 is 9.47 Å². The molecular weight excluding hydrogens is 262 g/mol. The normalized spacial score (nSPS) is 17.7. The van der Waals surface area contributed by atoms with Crippen molar-refractivity contribution in [3.8, 4) is 0 Å². The van der Waals surface area contributed by atoms with Gasteiger partial charge in [0.1, 0.15) is 0 Å². The third-order valence-corrected chi connectivity index (χ3v) is 4.01. The number of unbranched alkanes of at least 4 members (excludes halogenated alkanes) is 1. The monoisotopic (exact) mass is 291 g/mol. The molecular formula is C18H29NO2. The highest BCUT2D eigenvalue weighted by Gasteiger charge is 2.19. The van der Waals surface area contributed by atoms with Crippen LogP contribution in [-0.2, 0) is 15.9 Å². The van der Waals surface area contributed by atoms with Crippen molar-refractivity contribution in [2.24, 2.45) is 0 Å². The van der Waals surface area contributed by atoms with Gasteiger partial charge in [0.25, 0.3) is 0 Å².